The van der Waals surface area contributed by atoms with Crippen LogP contribution in [-0.2, 0) is 9.47 Å². The van der Waals surface area contributed by atoms with Gasteiger partial charge < -0.3 is 14.8 Å². The molecule has 0 rings (SSSR count). The molecule has 5 heteroatoms. The lowest BCUT2D eigenvalue weighted by Crippen LogP contribution is -2.24. The van der Waals surface area contributed by atoms with E-state index >= 15 is 0 Å². The predicted octanol–water partition coefficient (Wildman–Crippen LogP) is 3.55. The molecule has 0 aromatic rings. The van der Waals surface area contributed by atoms with Gasteiger partial charge in [-0.05, 0) is 26.7 Å². The molecule has 0 aliphatic rings. The highest BCUT2D eigenvalue weighted by atomic mass is 33.1. The summed E-state index contributed by atoms with van der Waals surface area (Å²) in [4.78, 5) is 0. The van der Waals surface area contributed by atoms with Gasteiger partial charge in [0.05, 0.1) is 0 Å². The van der Waals surface area contributed by atoms with Crippen molar-refractivity contribution in [3.8, 4) is 0 Å². The van der Waals surface area contributed by atoms with Crippen LogP contribution in [0.15, 0.2) is 0 Å². The zero-order valence-electron chi connectivity index (χ0n) is 12.2. The van der Waals surface area contributed by atoms with Crippen LogP contribution in [0.5, 0.6) is 0 Å². The van der Waals surface area contributed by atoms with Crippen LogP contribution in [-0.4, -0.2) is 43.6 Å². The third-order valence-corrected chi connectivity index (χ3v) is 4.82. The van der Waals surface area contributed by atoms with E-state index in [0.29, 0.717) is 6.04 Å². The first-order valence-electron chi connectivity index (χ1n) is 6.87. The molecule has 110 valence electrons. The minimum Gasteiger partial charge on any atom is -0.382 e. The lowest BCUT2D eigenvalue weighted by molar-refractivity contribution is 0.102. The maximum atomic E-state index is 5.72. The average molecular weight is 296 g/mol. The first kappa shape index (κ1) is 18.6. The Labute approximate surface area is 121 Å². The molecule has 0 aromatic carbocycles. The van der Waals surface area contributed by atoms with E-state index in [-0.39, 0.29) is 5.44 Å². The Balaban J connectivity index is 3.15. The molecule has 1 N–H and O–H groups in total. The van der Waals surface area contributed by atoms with E-state index < -0.39 is 0 Å². The van der Waals surface area contributed by atoms with E-state index in [1.165, 1.54) is 0 Å². The van der Waals surface area contributed by atoms with Crippen LogP contribution < -0.4 is 5.32 Å². The fourth-order valence-corrected chi connectivity index (χ4v) is 3.18. The molecule has 0 saturated carbocycles. The van der Waals surface area contributed by atoms with Crippen molar-refractivity contribution in [2.75, 3.05) is 32.1 Å². The molecule has 0 aliphatic heterocycles. The van der Waals surface area contributed by atoms with Crippen molar-refractivity contribution >= 4 is 21.6 Å². The van der Waals surface area contributed by atoms with Crippen molar-refractivity contribution in [2.24, 2.45) is 0 Å². The summed E-state index contributed by atoms with van der Waals surface area (Å²) in [6.45, 7) is 12.1. The van der Waals surface area contributed by atoms with Gasteiger partial charge in [-0.25, -0.2) is 0 Å². The van der Waals surface area contributed by atoms with Crippen molar-refractivity contribution in [1.29, 1.82) is 0 Å². The Morgan fingerprint density at radius 2 is 1.83 bits per heavy atom. The van der Waals surface area contributed by atoms with Gasteiger partial charge in [0, 0.05) is 38.2 Å². The average Bonchev–Trinajstić information content (AvgIpc) is 2.33. The Morgan fingerprint density at radius 1 is 1.11 bits per heavy atom. The summed E-state index contributed by atoms with van der Waals surface area (Å²) in [5.74, 6) is 1.13. The van der Waals surface area contributed by atoms with Crippen LogP contribution in [0.4, 0.5) is 0 Å². The molecule has 0 fully saturated rings. The molecule has 0 radical (unpaired) electrons. The van der Waals surface area contributed by atoms with Crippen LogP contribution in [0, 0.1) is 0 Å². The Hall–Kier alpha value is 0.580. The second-order valence-electron chi connectivity index (χ2n) is 4.37. The quantitative estimate of drug-likeness (QED) is 0.319. The minimum atomic E-state index is 0.279. The van der Waals surface area contributed by atoms with E-state index in [4.69, 9.17) is 9.47 Å². The second kappa shape index (κ2) is 14.0. The Kier molecular flexibility index (Phi) is 14.5. The fourth-order valence-electron chi connectivity index (χ4n) is 1.26. The maximum absolute atomic E-state index is 5.72. The molecule has 0 aliphatic carbocycles. The van der Waals surface area contributed by atoms with Crippen LogP contribution in [0.25, 0.3) is 0 Å². The third-order valence-electron chi connectivity index (χ3n) is 2.18. The molecule has 3 nitrogen and oxygen atoms in total. The SMILES string of the molecule is CCOCCCCOC(C)SSCCNC(C)C. The largest absolute Gasteiger partial charge is 0.382 e. The molecular formula is C13H29NO2S2. The summed E-state index contributed by atoms with van der Waals surface area (Å²) in [5, 5.41) is 3.40. The van der Waals surface area contributed by atoms with Crippen LogP contribution in [0.1, 0.15) is 40.5 Å². The van der Waals surface area contributed by atoms with Gasteiger partial charge in [-0.2, -0.15) is 0 Å². The fraction of sp³-hybridized carbons (Fsp3) is 1.00. The highest BCUT2D eigenvalue weighted by Gasteiger charge is 2.03. The second-order valence-corrected chi connectivity index (χ2v) is 7.15. The lowest BCUT2D eigenvalue weighted by atomic mass is 10.3. The molecule has 1 atom stereocenters. The summed E-state index contributed by atoms with van der Waals surface area (Å²) in [5.41, 5.74) is 0.279. The van der Waals surface area contributed by atoms with Gasteiger partial charge in [0.2, 0.25) is 0 Å². The molecule has 0 amide bonds. The highest BCUT2D eigenvalue weighted by molar-refractivity contribution is 8.76. The van der Waals surface area contributed by atoms with Crippen molar-refractivity contribution in [2.45, 2.75) is 52.0 Å². The Morgan fingerprint density at radius 3 is 2.50 bits per heavy atom. The highest BCUT2D eigenvalue weighted by Crippen LogP contribution is 2.26. The normalized spacial score (nSPS) is 13.2. The van der Waals surface area contributed by atoms with E-state index in [1.807, 2.05) is 28.5 Å². The zero-order chi connectivity index (χ0) is 13.6. The summed E-state index contributed by atoms with van der Waals surface area (Å²) >= 11 is 0. The molecule has 0 spiro atoms. The van der Waals surface area contributed by atoms with Gasteiger partial charge in [0.15, 0.2) is 0 Å². The predicted molar refractivity (Wildman–Crippen MR) is 84.3 cm³/mol. The molecule has 0 heterocycles. The van der Waals surface area contributed by atoms with E-state index in [1.54, 1.807) is 0 Å². The van der Waals surface area contributed by atoms with Gasteiger partial charge in [0.25, 0.3) is 0 Å². The molecule has 0 aromatic heterocycles. The first-order valence-corrected chi connectivity index (χ1v) is 9.26. The Bertz CT molecular complexity index is 171. The standard InChI is InChI=1S/C13H29NO2S2/c1-5-15-9-6-7-10-16-13(4)18-17-11-8-14-12(2)3/h12-14H,5-11H2,1-4H3. The molecule has 0 bridgehead atoms. The van der Waals surface area contributed by atoms with E-state index in [9.17, 15) is 0 Å². The maximum Gasteiger partial charge on any atom is 0.110 e. The summed E-state index contributed by atoms with van der Waals surface area (Å²) in [6.07, 6.45) is 2.18. The smallest absolute Gasteiger partial charge is 0.110 e. The number of hydrogen-bond acceptors (Lipinski definition) is 5. The van der Waals surface area contributed by atoms with E-state index in [2.05, 4.69) is 26.1 Å². The van der Waals surface area contributed by atoms with Crippen LogP contribution in [0.2, 0.25) is 0 Å². The number of unbranched alkanes of at least 4 members (excludes halogenated alkanes) is 1. The molecular weight excluding hydrogens is 266 g/mol. The topological polar surface area (TPSA) is 30.5 Å². The van der Waals surface area contributed by atoms with Crippen LogP contribution in [0.3, 0.4) is 0 Å². The van der Waals surface area contributed by atoms with Crippen molar-refractivity contribution in [3.63, 3.8) is 0 Å². The van der Waals surface area contributed by atoms with Crippen molar-refractivity contribution < 1.29 is 9.47 Å². The monoisotopic (exact) mass is 295 g/mol. The van der Waals surface area contributed by atoms with E-state index in [0.717, 1.165) is 45.0 Å². The van der Waals surface area contributed by atoms with Crippen molar-refractivity contribution in [3.05, 3.63) is 0 Å². The number of hydrogen-bond donors (Lipinski definition) is 1. The van der Waals surface area contributed by atoms with Gasteiger partial charge in [-0.15, -0.1) is 0 Å². The first-order chi connectivity index (χ1) is 8.66. The third kappa shape index (κ3) is 14.6. The van der Waals surface area contributed by atoms with Gasteiger partial charge >= 0.3 is 0 Å². The summed E-state index contributed by atoms with van der Waals surface area (Å²) < 4.78 is 11.0. The number of rotatable bonds is 13. The minimum absolute atomic E-state index is 0.279. The number of ether oxygens (including phenoxy) is 2. The number of nitrogens with one attached hydrogen (secondary N) is 1. The van der Waals surface area contributed by atoms with Gasteiger partial charge in [0.1, 0.15) is 5.44 Å². The van der Waals surface area contributed by atoms with Crippen molar-refractivity contribution in [1.82, 2.24) is 5.32 Å². The lowest BCUT2D eigenvalue weighted by Gasteiger charge is -2.12. The summed E-state index contributed by atoms with van der Waals surface area (Å²) in [7, 11) is 3.70. The molecule has 1 unspecified atom stereocenters. The summed E-state index contributed by atoms with van der Waals surface area (Å²) in [6, 6.07) is 0.578. The van der Waals surface area contributed by atoms with Crippen LogP contribution >= 0.6 is 21.6 Å². The van der Waals surface area contributed by atoms with Gasteiger partial charge in [-0.3, -0.25) is 0 Å². The molecule has 18 heavy (non-hydrogen) atoms. The molecule has 0 saturated heterocycles. The van der Waals surface area contributed by atoms with Gasteiger partial charge in [-0.1, -0.05) is 35.4 Å². The zero-order valence-corrected chi connectivity index (χ0v) is 13.9.